The second kappa shape index (κ2) is 8.27. The number of nitrogens with zero attached hydrogens (tertiary/aromatic N) is 1. The summed E-state index contributed by atoms with van der Waals surface area (Å²) in [6.07, 6.45) is 0. The first kappa shape index (κ1) is 21.3. The largest absolute Gasteiger partial charge is 0.491 e. The molecule has 0 aliphatic carbocycles. The number of benzene rings is 2. The van der Waals surface area contributed by atoms with Crippen LogP contribution in [0, 0.1) is 5.82 Å². The van der Waals surface area contributed by atoms with Crippen LogP contribution in [0.5, 0.6) is 5.75 Å². The third kappa shape index (κ3) is 3.55. The van der Waals surface area contributed by atoms with Crippen LogP contribution in [0.3, 0.4) is 0 Å². The van der Waals surface area contributed by atoms with Crippen LogP contribution in [0.25, 0.3) is 32.5 Å². The van der Waals surface area contributed by atoms with E-state index in [1.165, 1.54) is 6.07 Å². The van der Waals surface area contributed by atoms with Crippen LogP contribution in [0.4, 0.5) is 4.39 Å². The average molecular weight is 506 g/mol. The number of nitrogens with one attached hydrogen (secondary N) is 1. The molecule has 2 aromatic carbocycles. The first-order chi connectivity index (χ1) is 14.9. The summed E-state index contributed by atoms with van der Waals surface area (Å²) in [6.45, 7) is 3.95. The number of fused-ring (bicyclic) bond motifs is 2. The van der Waals surface area contributed by atoms with Gasteiger partial charge in [-0.25, -0.2) is 14.2 Å². The van der Waals surface area contributed by atoms with Crippen molar-refractivity contribution in [2.75, 3.05) is 13.2 Å². The number of primary amides is 1. The maximum atomic E-state index is 14.6. The summed E-state index contributed by atoms with van der Waals surface area (Å²) in [4.78, 5) is 32.5. The van der Waals surface area contributed by atoms with Crippen molar-refractivity contribution in [2.45, 2.75) is 13.8 Å². The number of amides is 1. The molecule has 10 heteroatoms. The predicted molar refractivity (Wildman–Crippen MR) is 120 cm³/mol. The van der Waals surface area contributed by atoms with Gasteiger partial charge in [0.2, 0.25) is 0 Å². The summed E-state index contributed by atoms with van der Waals surface area (Å²) in [5.41, 5.74) is 7.04. The average Bonchev–Trinajstić information content (AvgIpc) is 3.33. The Morgan fingerprint density at radius 3 is 2.68 bits per heavy atom. The molecule has 0 unspecified atom stereocenters. The molecule has 0 atom stereocenters. The van der Waals surface area contributed by atoms with Crippen LogP contribution in [-0.2, 0) is 4.74 Å². The summed E-state index contributed by atoms with van der Waals surface area (Å²) in [6, 6.07) is 6.10. The lowest BCUT2D eigenvalue weighted by atomic mass is 10.1. The second-order valence-corrected chi connectivity index (χ2v) is 8.36. The lowest BCUT2D eigenvalue weighted by Crippen LogP contribution is -2.13. The Morgan fingerprint density at radius 1 is 1.23 bits per heavy atom. The molecule has 7 nitrogen and oxygen atoms in total. The van der Waals surface area contributed by atoms with Crippen LogP contribution < -0.4 is 10.5 Å². The predicted octanol–water partition coefficient (Wildman–Crippen LogP) is 5.02. The van der Waals surface area contributed by atoms with E-state index >= 15 is 0 Å². The Bertz CT molecular complexity index is 1350. The summed E-state index contributed by atoms with van der Waals surface area (Å²) < 4.78 is 26.3. The molecule has 31 heavy (non-hydrogen) atoms. The van der Waals surface area contributed by atoms with E-state index in [1.807, 2.05) is 0 Å². The van der Waals surface area contributed by atoms with Crippen LogP contribution >= 0.6 is 27.3 Å². The van der Waals surface area contributed by atoms with Crippen molar-refractivity contribution in [2.24, 2.45) is 5.73 Å². The van der Waals surface area contributed by atoms with Crippen molar-refractivity contribution in [3.05, 3.63) is 45.0 Å². The van der Waals surface area contributed by atoms with E-state index in [-0.39, 0.29) is 22.8 Å². The quantitative estimate of drug-likeness (QED) is 0.357. The highest BCUT2D eigenvalue weighted by atomic mass is 79.9. The summed E-state index contributed by atoms with van der Waals surface area (Å²) >= 11 is 4.45. The summed E-state index contributed by atoms with van der Waals surface area (Å²) in [5.74, 6) is -1.11. The van der Waals surface area contributed by atoms with Gasteiger partial charge in [-0.3, -0.25) is 4.79 Å². The fourth-order valence-corrected chi connectivity index (χ4v) is 5.14. The number of ether oxygens (including phenoxy) is 2. The number of aromatic nitrogens is 2. The highest BCUT2D eigenvalue weighted by molar-refractivity contribution is 9.10. The zero-order chi connectivity index (χ0) is 22.3. The van der Waals surface area contributed by atoms with Crippen LogP contribution in [0.15, 0.2) is 28.7 Å². The van der Waals surface area contributed by atoms with E-state index in [2.05, 4.69) is 25.9 Å². The molecule has 0 bridgehead atoms. The molecule has 0 spiro atoms. The number of rotatable bonds is 6. The van der Waals surface area contributed by atoms with Crippen LogP contribution in [0.2, 0.25) is 0 Å². The molecule has 160 valence electrons. The number of halogens is 2. The normalized spacial score (nSPS) is 11.2. The number of hydrogen-bond donors (Lipinski definition) is 2. The standard InChI is InChI=1S/C21H17BrFN3O4S/c1-3-29-16-9(19(24)27)5-8-12-15(16)26-20(25-12)14-13-10(22)6-7-11(23)17(13)31-18(14)21(28)30-4-2/h5-8H,3-4H2,1-2H3,(H2,24,27)(H,25,26). The number of imidazole rings is 1. The van der Waals surface area contributed by atoms with Gasteiger partial charge in [0.25, 0.3) is 5.91 Å². The second-order valence-electron chi connectivity index (χ2n) is 6.48. The number of carbonyl (C=O) groups excluding carboxylic acids is 2. The fraction of sp³-hybridized carbons (Fsp3) is 0.190. The molecule has 3 N–H and O–H groups in total. The van der Waals surface area contributed by atoms with E-state index in [0.29, 0.717) is 43.6 Å². The Hall–Kier alpha value is -2.98. The van der Waals surface area contributed by atoms with Gasteiger partial charge in [0, 0.05) is 9.86 Å². The SMILES string of the molecule is CCOC(=O)c1sc2c(F)ccc(Br)c2c1-c1nc2c(OCC)c(C(N)=O)ccc2[nH]1. The molecule has 0 aliphatic rings. The van der Waals surface area contributed by atoms with Crippen molar-refractivity contribution in [1.82, 2.24) is 9.97 Å². The van der Waals surface area contributed by atoms with E-state index in [0.717, 1.165) is 11.3 Å². The lowest BCUT2D eigenvalue weighted by molar-refractivity contribution is 0.0532. The number of aromatic amines is 1. The van der Waals surface area contributed by atoms with E-state index < -0.39 is 17.7 Å². The molecular weight excluding hydrogens is 489 g/mol. The molecule has 0 fully saturated rings. The van der Waals surface area contributed by atoms with Crippen molar-refractivity contribution in [1.29, 1.82) is 0 Å². The topological polar surface area (TPSA) is 107 Å². The summed E-state index contributed by atoms with van der Waals surface area (Å²) in [7, 11) is 0. The Kier molecular flexibility index (Phi) is 5.67. The highest BCUT2D eigenvalue weighted by Crippen LogP contribution is 2.44. The minimum atomic E-state index is -0.645. The molecule has 0 saturated carbocycles. The lowest BCUT2D eigenvalue weighted by Gasteiger charge is -2.07. The summed E-state index contributed by atoms with van der Waals surface area (Å²) in [5, 5.41) is 0.500. The molecule has 0 radical (unpaired) electrons. The Balaban J connectivity index is 2.05. The molecule has 4 rings (SSSR count). The Morgan fingerprint density at radius 2 is 2.00 bits per heavy atom. The number of esters is 1. The molecule has 1 amide bonds. The maximum Gasteiger partial charge on any atom is 0.349 e. The van der Waals surface area contributed by atoms with Gasteiger partial charge < -0.3 is 20.2 Å². The molecule has 2 heterocycles. The minimum absolute atomic E-state index is 0.173. The number of thiophene rings is 1. The number of H-pyrrole nitrogens is 1. The van der Waals surface area contributed by atoms with Gasteiger partial charge in [-0.1, -0.05) is 15.9 Å². The van der Waals surface area contributed by atoms with Crippen molar-refractivity contribution < 1.29 is 23.5 Å². The minimum Gasteiger partial charge on any atom is -0.491 e. The third-order valence-corrected chi connectivity index (χ3v) is 6.44. The number of carbonyl (C=O) groups is 2. The fourth-order valence-electron chi connectivity index (χ4n) is 3.35. The molecule has 2 aromatic heterocycles. The molecule has 0 saturated heterocycles. The van der Waals surface area contributed by atoms with Crippen LogP contribution in [0.1, 0.15) is 33.9 Å². The van der Waals surface area contributed by atoms with Gasteiger partial charge in [0.15, 0.2) is 5.75 Å². The first-order valence-corrected chi connectivity index (χ1v) is 11.0. The van der Waals surface area contributed by atoms with Crippen molar-refractivity contribution in [3.63, 3.8) is 0 Å². The van der Waals surface area contributed by atoms with E-state index in [9.17, 15) is 14.0 Å². The zero-order valence-corrected chi connectivity index (χ0v) is 18.9. The zero-order valence-electron chi connectivity index (χ0n) is 16.5. The molecular formula is C21H17BrFN3O4S. The monoisotopic (exact) mass is 505 g/mol. The van der Waals surface area contributed by atoms with Gasteiger partial charge >= 0.3 is 5.97 Å². The van der Waals surface area contributed by atoms with Crippen molar-refractivity contribution in [3.8, 4) is 17.1 Å². The maximum absolute atomic E-state index is 14.6. The van der Waals surface area contributed by atoms with E-state index in [1.54, 1.807) is 32.0 Å². The third-order valence-electron chi connectivity index (χ3n) is 4.60. The Labute approximate surface area is 188 Å². The van der Waals surface area contributed by atoms with Gasteiger partial charge in [-0.05, 0) is 38.1 Å². The van der Waals surface area contributed by atoms with Crippen LogP contribution in [-0.4, -0.2) is 35.1 Å². The number of hydrogen-bond acceptors (Lipinski definition) is 6. The van der Waals surface area contributed by atoms with Gasteiger partial charge in [-0.2, -0.15) is 0 Å². The molecule has 4 aromatic rings. The first-order valence-electron chi connectivity index (χ1n) is 9.40. The number of nitrogens with two attached hydrogens (primary N) is 1. The van der Waals surface area contributed by atoms with Gasteiger partial charge in [0.05, 0.1) is 34.6 Å². The smallest absolute Gasteiger partial charge is 0.349 e. The molecule has 0 aliphatic heterocycles. The van der Waals surface area contributed by atoms with Gasteiger partial charge in [0.1, 0.15) is 22.0 Å². The van der Waals surface area contributed by atoms with Crippen molar-refractivity contribution >= 4 is 60.3 Å². The van der Waals surface area contributed by atoms with E-state index in [4.69, 9.17) is 15.2 Å². The highest BCUT2D eigenvalue weighted by Gasteiger charge is 2.27. The van der Waals surface area contributed by atoms with Gasteiger partial charge in [-0.15, -0.1) is 11.3 Å².